The molecule has 1 amide bonds. The average molecular weight is 325 g/mol. The van der Waals surface area contributed by atoms with E-state index >= 15 is 0 Å². The van der Waals surface area contributed by atoms with Gasteiger partial charge in [0, 0.05) is 17.4 Å². The summed E-state index contributed by atoms with van der Waals surface area (Å²) in [6.07, 6.45) is 0. The van der Waals surface area contributed by atoms with Gasteiger partial charge in [0.15, 0.2) is 11.5 Å². The summed E-state index contributed by atoms with van der Waals surface area (Å²) in [4.78, 5) is 24.6. The van der Waals surface area contributed by atoms with Crippen molar-refractivity contribution in [3.8, 4) is 17.6 Å². The Labute approximate surface area is 138 Å². The van der Waals surface area contributed by atoms with E-state index in [4.69, 9.17) is 14.7 Å². The number of fused-ring (bicyclic) bond motifs is 1. The second-order valence-corrected chi connectivity index (χ2v) is 5.46. The number of pyridine rings is 1. The fourth-order valence-corrected chi connectivity index (χ4v) is 2.58. The molecule has 0 bridgehead atoms. The van der Waals surface area contributed by atoms with Gasteiger partial charge in [-0.1, -0.05) is 0 Å². The molecule has 122 valence electrons. The topological polar surface area (TPSA) is 93.3 Å². The van der Waals surface area contributed by atoms with Crippen molar-refractivity contribution >= 4 is 11.6 Å². The molecule has 0 aliphatic carbocycles. The van der Waals surface area contributed by atoms with E-state index in [1.807, 2.05) is 6.07 Å². The van der Waals surface area contributed by atoms with Gasteiger partial charge in [0.1, 0.15) is 18.2 Å². The molecule has 1 aromatic heterocycles. The highest BCUT2D eigenvalue weighted by molar-refractivity contribution is 5.91. The molecule has 1 aromatic carbocycles. The molecule has 0 fully saturated rings. The first-order valence-corrected chi connectivity index (χ1v) is 7.30. The van der Waals surface area contributed by atoms with Crippen molar-refractivity contribution in [2.24, 2.45) is 0 Å². The monoisotopic (exact) mass is 325 g/mol. The molecule has 2 aromatic rings. The number of amides is 1. The maximum Gasteiger partial charge on any atom is 0.269 e. The molecule has 0 spiro atoms. The molecule has 0 atom stereocenters. The summed E-state index contributed by atoms with van der Waals surface area (Å²) < 4.78 is 11.8. The molecule has 3 rings (SSSR count). The highest BCUT2D eigenvalue weighted by Crippen LogP contribution is 2.34. The van der Waals surface area contributed by atoms with E-state index in [-0.39, 0.29) is 24.8 Å². The Morgan fingerprint density at radius 2 is 2.04 bits per heavy atom. The molecule has 7 nitrogen and oxygen atoms in total. The smallest absolute Gasteiger partial charge is 0.269 e. The van der Waals surface area contributed by atoms with E-state index in [1.165, 1.54) is 4.57 Å². The molecular weight excluding hydrogens is 310 g/mol. The Morgan fingerprint density at radius 3 is 2.79 bits per heavy atom. The maximum absolute atomic E-state index is 12.3. The standard InChI is InChI=1S/C17H15N3O4/c1-10-5-11(2)20(17(22)13(10)7-18)8-16(21)19-12-3-4-14-15(6-12)24-9-23-14/h3-6H,8-9H2,1-2H3,(H,19,21). The normalized spacial score (nSPS) is 11.9. The summed E-state index contributed by atoms with van der Waals surface area (Å²) in [5.41, 5.74) is 1.36. The van der Waals surface area contributed by atoms with Crippen LogP contribution in [0.3, 0.4) is 0 Å². The van der Waals surface area contributed by atoms with E-state index in [0.717, 1.165) is 0 Å². The van der Waals surface area contributed by atoms with Gasteiger partial charge in [-0.15, -0.1) is 0 Å². The lowest BCUT2D eigenvalue weighted by Gasteiger charge is -2.12. The van der Waals surface area contributed by atoms with Crippen LogP contribution in [0.5, 0.6) is 11.5 Å². The molecular formula is C17H15N3O4. The lowest BCUT2D eigenvalue weighted by atomic mass is 10.1. The number of rotatable bonds is 3. The fourth-order valence-electron chi connectivity index (χ4n) is 2.58. The predicted octanol–water partition coefficient (Wildman–Crippen LogP) is 1.70. The minimum atomic E-state index is -0.462. The largest absolute Gasteiger partial charge is 0.454 e. The molecule has 1 aliphatic heterocycles. The highest BCUT2D eigenvalue weighted by Gasteiger charge is 2.16. The first-order valence-electron chi connectivity index (χ1n) is 7.30. The van der Waals surface area contributed by atoms with Gasteiger partial charge < -0.3 is 19.4 Å². The van der Waals surface area contributed by atoms with E-state index in [9.17, 15) is 9.59 Å². The van der Waals surface area contributed by atoms with Gasteiger partial charge in [0.2, 0.25) is 12.7 Å². The van der Waals surface area contributed by atoms with Crippen molar-refractivity contribution in [1.29, 1.82) is 5.26 Å². The van der Waals surface area contributed by atoms with E-state index in [1.54, 1.807) is 38.1 Å². The van der Waals surface area contributed by atoms with Crippen LogP contribution in [0.25, 0.3) is 0 Å². The molecule has 0 radical (unpaired) electrons. The van der Waals surface area contributed by atoms with Crippen LogP contribution < -0.4 is 20.3 Å². The van der Waals surface area contributed by atoms with Crippen LogP contribution in [0.1, 0.15) is 16.8 Å². The minimum absolute atomic E-state index is 0.0523. The number of aromatic nitrogens is 1. The number of hydrogen-bond acceptors (Lipinski definition) is 5. The maximum atomic E-state index is 12.3. The Hall–Kier alpha value is -3.27. The number of nitriles is 1. The van der Waals surface area contributed by atoms with Crippen molar-refractivity contribution in [1.82, 2.24) is 4.57 Å². The zero-order valence-electron chi connectivity index (χ0n) is 13.3. The number of ether oxygens (including phenoxy) is 2. The van der Waals surface area contributed by atoms with Crippen LogP contribution in [-0.2, 0) is 11.3 Å². The summed E-state index contributed by atoms with van der Waals surface area (Å²) in [7, 11) is 0. The third-order valence-corrected chi connectivity index (χ3v) is 3.77. The zero-order valence-corrected chi connectivity index (χ0v) is 13.3. The fraction of sp³-hybridized carbons (Fsp3) is 0.235. The number of anilines is 1. The second kappa shape index (κ2) is 6.08. The van der Waals surface area contributed by atoms with Crippen LogP contribution in [0.4, 0.5) is 5.69 Å². The van der Waals surface area contributed by atoms with Crippen LogP contribution in [0, 0.1) is 25.2 Å². The van der Waals surface area contributed by atoms with E-state index in [2.05, 4.69) is 5.32 Å². The molecule has 24 heavy (non-hydrogen) atoms. The summed E-state index contributed by atoms with van der Waals surface area (Å²) >= 11 is 0. The van der Waals surface area contributed by atoms with E-state index in [0.29, 0.717) is 28.4 Å². The number of aryl methyl sites for hydroxylation is 2. The molecule has 2 heterocycles. The van der Waals surface area contributed by atoms with Crippen molar-refractivity contribution < 1.29 is 14.3 Å². The Kier molecular flexibility index (Phi) is 3.96. The number of carbonyl (C=O) groups is 1. The molecule has 7 heteroatoms. The molecule has 1 N–H and O–H groups in total. The quantitative estimate of drug-likeness (QED) is 0.927. The van der Waals surface area contributed by atoms with Gasteiger partial charge in [-0.2, -0.15) is 5.26 Å². The highest BCUT2D eigenvalue weighted by atomic mass is 16.7. The van der Waals surface area contributed by atoms with Crippen LogP contribution >= 0.6 is 0 Å². The average Bonchev–Trinajstić information content (AvgIpc) is 2.99. The van der Waals surface area contributed by atoms with Crippen molar-refractivity contribution in [2.75, 3.05) is 12.1 Å². The van der Waals surface area contributed by atoms with Gasteiger partial charge in [-0.3, -0.25) is 9.59 Å². The number of nitrogens with one attached hydrogen (secondary N) is 1. The van der Waals surface area contributed by atoms with Gasteiger partial charge in [-0.05, 0) is 37.6 Å². The molecule has 0 saturated heterocycles. The van der Waals surface area contributed by atoms with Gasteiger partial charge in [0.05, 0.1) is 0 Å². The van der Waals surface area contributed by atoms with Crippen LogP contribution in [-0.4, -0.2) is 17.3 Å². The van der Waals surface area contributed by atoms with Gasteiger partial charge in [-0.25, -0.2) is 0 Å². The van der Waals surface area contributed by atoms with Gasteiger partial charge in [0.25, 0.3) is 5.56 Å². The molecule has 0 saturated carbocycles. The van der Waals surface area contributed by atoms with Crippen molar-refractivity contribution in [3.05, 3.63) is 51.4 Å². The summed E-state index contributed by atoms with van der Waals surface area (Å²) in [5.74, 6) is 0.812. The SMILES string of the molecule is Cc1cc(C)n(CC(=O)Nc2ccc3c(c2)OCO3)c(=O)c1C#N. The Balaban J connectivity index is 1.81. The second-order valence-electron chi connectivity index (χ2n) is 5.46. The predicted molar refractivity (Wildman–Crippen MR) is 86.1 cm³/mol. The summed E-state index contributed by atoms with van der Waals surface area (Å²) in [6, 6.07) is 8.66. The third-order valence-electron chi connectivity index (χ3n) is 3.77. The van der Waals surface area contributed by atoms with E-state index < -0.39 is 5.56 Å². The number of carbonyl (C=O) groups excluding carboxylic acids is 1. The van der Waals surface area contributed by atoms with Gasteiger partial charge >= 0.3 is 0 Å². The van der Waals surface area contributed by atoms with Crippen molar-refractivity contribution in [2.45, 2.75) is 20.4 Å². The first-order chi connectivity index (χ1) is 11.5. The Morgan fingerprint density at radius 1 is 1.29 bits per heavy atom. The summed E-state index contributed by atoms with van der Waals surface area (Å²) in [6.45, 7) is 3.41. The zero-order chi connectivity index (χ0) is 17.3. The Bertz CT molecular complexity index is 925. The minimum Gasteiger partial charge on any atom is -0.454 e. The lowest BCUT2D eigenvalue weighted by molar-refractivity contribution is -0.116. The van der Waals surface area contributed by atoms with Crippen LogP contribution in [0.15, 0.2) is 29.1 Å². The summed E-state index contributed by atoms with van der Waals surface area (Å²) in [5, 5.41) is 11.8. The first kappa shape index (κ1) is 15.6. The third kappa shape index (κ3) is 2.82. The van der Waals surface area contributed by atoms with Crippen LogP contribution in [0.2, 0.25) is 0 Å². The molecule has 1 aliphatic rings. The van der Waals surface area contributed by atoms with Crippen molar-refractivity contribution in [3.63, 3.8) is 0 Å². The molecule has 0 unspecified atom stereocenters. The number of hydrogen-bond donors (Lipinski definition) is 1. The number of nitrogens with zero attached hydrogens (tertiary/aromatic N) is 2. The lowest BCUT2D eigenvalue weighted by Crippen LogP contribution is -2.31. The number of benzene rings is 1.